The molecule has 1 aliphatic heterocycles. The van der Waals surface area contributed by atoms with Crippen molar-refractivity contribution >= 4 is 21.8 Å². The molecule has 0 spiro atoms. The van der Waals surface area contributed by atoms with E-state index in [1.54, 1.807) is 19.2 Å². The van der Waals surface area contributed by atoms with Gasteiger partial charge in [-0.25, -0.2) is 0 Å². The van der Waals surface area contributed by atoms with Gasteiger partial charge in [0.1, 0.15) is 5.75 Å². The van der Waals surface area contributed by atoms with Gasteiger partial charge in [0.2, 0.25) is 6.79 Å². The van der Waals surface area contributed by atoms with Crippen LogP contribution in [-0.4, -0.2) is 26.4 Å². The first kappa shape index (κ1) is 15.7. The lowest BCUT2D eigenvalue weighted by molar-refractivity contribution is 0.0951. The minimum absolute atomic E-state index is 0.163. The maximum Gasteiger partial charge on any atom is 0.255 e. The van der Waals surface area contributed by atoms with E-state index < -0.39 is 0 Å². The Bertz CT molecular complexity index is 733. The average Bonchev–Trinajstić information content (AvgIpc) is 3.02. The first-order valence-electron chi connectivity index (χ1n) is 7.17. The van der Waals surface area contributed by atoms with Gasteiger partial charge in [-0.3, -0.25) is 4.79 Å². The van der Waals surface area contributed by atoms with Crippen molar-refractivity contribution < 1.29 is 19.0 Å². The summed E-state index contributed by atoms with van der Waals surface area (Å²) in [5.41, 5.74) is 1.59. The molecule has 0 aliphatic carbocycles. The molecule has 0 radical (unpaired) electrons. The number of hydrogen-bond donors (Lipinski definition) is 1. The molecule has 1 amide bonds. The summed E-state index contributed by atoms with van der Waals surface area (Å²) in [6.07, 6.45) is 0.707. The number of hydrogen-bond acceptors (Lipinski definition) is 4. The van der Waals surface area contributed by atoms with E-state index >= 15 is 0 Å². The lowest BCUT2D eigenvalue weighted by atomic mass is 10.1. The van der Waals surface area contributed by atoms with E-state index in [1.807, 2.05) is 24.3 Å². The van der Waals surface area contributed by atoms with Crippen LogP contribution in [0.5, 0.6) is 17.2 Å². The van der Waals surface area contributed by atoms with E-state index in [1.165, 1.54) is 0 Å². The van der Waals surface area contributed by atoms with E-state index in [0.29, 0.717) is 24.3 Å². The number of fused-ring (bicyclic) bond motifs is 1. The Morgan fingerprint density at radius 2 is 2.04 bits per heavy atom. The number of carbonyl (C=O) groups is 1. The van der Waals surface area contributed by atoms with Crippen molar-refractivity contribution in [1.29, 1.82) is 0 Å². The number of benzene rings is 2. The number of methoxy groups -OCH3 is 1. The van der Waals surface area contributed by atoms with Gasteiger partial charge < -0.3 is 19.5 Å². The molecule has 6 heteroatoms. The van der Waals surface area contributed by atoms with Gasteiger partial charge in [-0.15, -0.1) is 0 Å². The molecule has 0 fully saturated rings. The van der Waals surface area contributed by atoms with Gasteiger partial charge in [0.15, 0.2) is 11.5 Å². The maximum atomic E-state index is 12.3. The minimum atomic E-state index is -0.163. The van der Waals surface area contributed by atoms with Gasteiger partial charge in [-0.1, -0.05) is 22.0 Å². The Balaban J connectivity index is 1.60. The van der Waals surface area contributed by atoms with Crippen LogP contribution in [0.15, 0.2) is 40.9 Å². The standard InChI is InChI=1S/C17H16BrNO4/c1-21-14-5-3-12(18)9-13(14)17(20)19-7-6-11-2-4-15-16(8-11)23-10-22-15/h2-5,8-9H,6-7,10H2,1H3,(H,19,20). The summed E-state index contributed by atoms with van der Waals surface area (Å²) in [6, 6.07) is 11.1. The Morgan fingerprint density at radius 3 is 2.87 bits per heavy atom. The predicted molar refractivity (Wildman–Crippen MR) is 89.3 cm³/mol. The topological polar surface area (TPSA) is 56.8 Å². The molecule has 0 saturated heterocycles. The summed E-state index contributed by atoms with van der Waals surface area (Å²) >= 11 is 3.37. The molecule has 0 aromatic heterocycles. The van der Waals surface area contributed by atoms with Crippen molar-refractivity contribution in [2.45, 2.75) is 6.42 Å². The quantitative estimate of drug-likeness (QED) is 0.869. The van der Waals surface area contributed by atoms with Crippen LogP contribution < -0.4 is 19.5 Å². The normalized spacial score (nSPS) is 12.1. The SMILES string of the molecule is COc1ccc(Br)cc1C(=O)NCCc1ccc2c(c1)OCO2. The summed E-state index contributed by atoms with van der Waals surface area (Å²) in [7, 11) is 1.55. The highest BCUT2D eigenvalue weighted by atomic mass is 79.9. The number of nitrogens with one attached hydrogen (secondary N) is 1. The molecule has 0 bridgehead atoms. The monoisotopic (exact) mass is 377 g/mol. The van der Waals surface area contributed by atoms with Crippen molar-refractivity contribution in [2.24, 2.45) is 0 Å². The van der Waals surface area contributed by atoms with Crippen LogP contribution in [0.25, 0.3) is 0 Å². The Hall–Kier alpha value is -2.21. The highest BCUT2D eigenvalue weighted by molar-refractivity contribution is 9.10. The second-order valence-electron chi connectivity index (χ2n) is 5.04. The summed E-state index contributed by atoms with van der Waals surface area (Å²) in [5, 5.41) is 2.91. The molecule has 23 heavy (non-hydrogen) atoms. The third-order valence-electron chi connectivity index (χ3n) is 3.54. The molecule has 2 aromatic carbocycles. The smallest absolute Gasteiger partial charge is 0.255 e. The summed E-state index contributed by atoms with van der Waals surface area (Å²) in [4.78, 5) is 12.3. The van der Waals surface area contributed by atoms with Gasteiger partial charge >= 0.3 is 0 Å². The Labute approximate surface area is 142 Å². The maximum absolute atomic E-state index is 12.3. The number of carbonyl (C=O) groups excluding carboxylic acids is 1. The van der Waals surface area contributed by atoms with Gasteiger partial charge in [0.05, 0.1) is 12.7 Å². The Morgan fingerprint density at radius 1 is 1.22 bits per heavy atom. The lowest BCUT2D eigenvalue weighted by Crippen LogP contribution is -2.26. The minimum Gasteiger partial charge on any atom is -0.496 e. The van der Waals surface area contributed by atoms with Crippen molar-refractivity contribution in [2.75, 3.05) is 20.4 Å². The lowest BCUT2D eigenvalue weighted by Gasteiger charge is -2.10. The van der Waals surface area contributed by atoms with Gasteiger partial charge in [-0.05, 0) is 42.3 Å². The fourth-order valence-corrected chi connectivity index (χ4v) is 2.73. The summed E-state index contributed by atoms with van der Waals surface area (Å²) in [6.45, 7) is 0.784. The second-order valence-corrected chi connectivity index (χ2v) is 5.95. The molecule has 0 saturated carbocycles. The van der Waals surface area contributed by atoms with E-state index in [4.69, 9.17) is 14.2 Å². The largest absolute Gasteiger partial charge is 0.496 e. The van der Waals surface area contributed by atoms with Crippen molar-refractivity contribution in [3.8, 4) is 17.2 Å². The molecule has 1 aliphatic rings. The average molecular weight is 378 g/mol. The number of ether oxygens (including phenoxy) is 3. The zero-order chi connectivity index (χ0) is 16.2. The predicted octanol–water partition coefficient (Wildman–Crippen LogP) is 3.16. The van der Waals surface area contributed by atoms with Crippen LogP contribution in [-0.2, 0) is 6.42 Å². The molecular formula is C17H16BrNO4. The van der Waals surface area contributed by atoms with Gasteiger partial charge in [-0.2, -0.15) is 0 Å². The van der Waals surface area contributed by atoms with Crippen LogP contribution >= 0.6 is 15.9 Å². The van der Waals surface area contributed by atoms with E-state index in [0.717, 1.165) is 21.5 Å². The molecule has 120 valence electrons. The highest BCUT2D eigenvalue weighted by Crippen LogP contribution is 2.32. The first-order chi connectivity index (χ1) is 11.2. The molecular weight excluding hydrogens is 362 g/mol. The molecule has 0 atom stereocenters. The van der Waals surface area contributed by atoms with Crippen molar-refractivity contribution in [1.82, 2.24) is 5.32 Å². The van der Waals surface area contributed by atoms with Crippen molar-refractivity contribution in [3.63, 3.8) is 0 Å². The van der Waals surface area contributed by atoms with Crippen LogP contribution in [0.3, 0.4) is 0 Å². The van der Waals surface area contributed by atoms with Gasteiger partial charge in [0, 0.05) is 11.0 Å². The fourth-order valence-electron chi connectivity index (χ4n) is 2.37. The molecule has 1 N–H and O–H groups in total. The summed E-state index contributed by atoms with van der Waals surface area (Å²) < 4.78 is 16.7. The third kappa shape index (κ3) is 3.59. The molecule has 5 nitrogen and oxygen atoms in total. The highest BCUT2D eigenvalue weighted by Gasteiger charge is 2.14. The van der Waals surface area contributed by atoms with Crippen LogP contribution in [0.4, 0.5) is 0 Å². The number of rotatable bonds is 5. The van der Waals surface area contributed by atoms with E-state index in [2.05, 4.69) is 21.2 Å². The zero-order valence-corrected chi connectivity index (χ0v) is 14.2. The summed E-state index contributed by atoms with van der Waals surface area (Å²) in [5.74, 6) is 1.90. The Kier molecular flexibility index (Phi) is 4.71. The molecule has 3 rings (SSSR count). The molecule has 1 heterocycles. The fraction of sp³-hybridized carbons (Fsp3) is 0.235. The number of halogens is 1. The third-order valence-corrected chi connectivity index (χ3v) is 4.04. The second kappa shape index (κ2) is 6.91. The van der Waals surface area contributed by atoms with Crippen LogP contribution in [0, 0.1) is 0 Å². The van der Waals surface area contributed by atoms with Crippen molar-refractivity contribution in [3.05, 3.63) is 52.0 Å². The molecule has 0 unspecified atom stereocenters. The number of amides is 1. The first-order valence-corrected chi connectivity index (χ1v) is 7.97. The van der Waals surface area contributed by atoms with E-state index in [9.17, 15) is 4.79 Å². The van der Waals surface area contributed by atoms with Gasteiger partial charge in [0.25, 0.3) is 5.91 Å². The van der Waals surface area contributed by atoms with Crippen LogP contribution in [0.1, 0.15) is 15.9 Å². The zero-order valence-electron chi connectivity index (χ0n) is 12.6. The molecule has 2 aromatic rings. The van der Waals surface area contributed by atoms with Crippen LogP contribution in [0.2, 0.25) is 0 Å². The van der Waals surface area contributed by atoms with E-state index in [-0.39, 0.29) is 12.7 Å².